The van der Waals surface area contributed by atoms with Gasteiger partial charge in [-0.15, -0.1) is 0 Å². The Hall–Kier alpha value is -2.34. The van der Waals surface area contributed by atoms with Crippen LogP contribution in [0.3, 0.4) is 0 Å². The highest BCUT2D eigenvalue weighted by atomic mass is 14.1. The molecule has 0 saturated carbocycles. The molecule has 0 unspecified atom stereocenters. The van der Waals surface area contributed by atoms with E-state index >= 15 is 0 Å². The van der Waals surface area contributed by atoms with E-state index in [2.05, 4.69) is 60.7 Å². The molecule has 0 heterocycles. The summed E-state index contributed by atoms with van der Waals surface area (Å²) < 4.78 is 0. The van der Waals surface area contributed by atoms with Crippen molar-refractivity contribution in [3.63, 3.8) is 0 Å². The van der Waals surface area contributed by atoms with E-state index in [-0.39, 0.29) is 0 Å². The highest BCUT2D eigenvalue weighted by Crippen LogP contribution is 2.30. The van der Waals surface area contributed by atoms with Crippen LogP contribution in [-0.4, -0.2) is 0 Å². The fourth-order valence-electron chi connectivity index (χ4n) is 2.62. The summed E-state index contributed by atoms with van der Waals surface area (Å²) in [4.78, 5) is 0. The van der Waals surface area contributed by atoms with Crippen molar-refractivity contribution in [2.24, 2.45) is 0 Å². The van der Waals surface area contributed by atoms with Gasteiger partial charge in [0.2, 0.25) is 0 Å². The third-order valence-electron chi connectivity index (χ3n) is 3.50. The molecule has 0 spiro atoms. The van der Waals surface area contributed by atoms with Gasteiger partial charge in [-0.05, 0) is 56.6 Å². The summed E-state index contributed by atoms with van der Waals surface area (Å²) in [6, 6.07) is 27.5. The Labute approximate surface area is 105 Å². The third-order valence-corrected chi connectivity index (χ3v) is 3.50. The Morgan fingerprint density at radius 2 is 1.61 bits per heavy atom. The van der Waals surface area contributed by atoms with Crippen molar-refractivity contribution in [2.75, 3.05) is 0 Å². The summed E-state index contributed by atoms with van der Waals surface area (Å²) >= 11 is 0. The Bertz CT molecular complexity index is 797. The maximum atomic E-state index is 3.35. The number of hydrogen-bond donors (Lipinski definition) is 0. The first-order valence-corrected chi connectivity index (χ1v) is 6.05. The van der Waals surface area contributed by atoms with E-state index in [0.717, 1.165) is 5.39 Å². The number of fused-ring (bicyclic) bond motifs is 5. The zero-order valence-electron chi connectivity index (χ0n) is 9.77. The normalized spacial score (nSPS) is 11.3. The maximum Gasteiger partial charge on any atom is -0.00921 e. The van der Waals surface area contributed by atoms with Crippen molar-refractivity contribution in [3.05, 3.63) is 72.8 Å². The van der Waals surface area contributed by atoms with Crippen LogP contribution in [0.4, 0.5) is 0 Å². The Morgan fingerprint density at radius 3 is 2.61 bits per heavy atom. The average molecular weight is 226 g/mol. The lowest BCUT2D eigenvalue weighted by atomic mass is 9.97. The van der Waals surface area contributed by atoms with Crippen molar-refractivity contribution >= 4 is 32.3 Å². The highest BCUT2D eigenvalue weighted by molar-refractivity contribution is 6.16. The van der Waals surface area contributed by atoms with Gasteiger partial charge in [-0.3, -0.25) is 0 Å². The fourth-order valence-corrected chi connectivity index (χ4v) is 2.62. The average Bonchev–Trinajstić information content (AvgIpc) is 2.46. The van der Waals surface area contributed by atoms with E-state index in [4.69, 9.17) is 0 Å². The number of benzene rings is 4. The maximum absolute atomic E-state index is 3.35. The molecule has 0 aliphatic heterocycles. The topological polar surface area (TPSA) is 0 Å². The first kappa shape index (κ1) is 9.67. The lowest BCUT2D eigenvalue weighted by Gasteiger charge is -2.06. The second kappa shape index (κ2) is 3.58. The van der Waals surface area contributed by atoms with Crippen molar-refractivity contribution in [3.8, 4) is 0 Å². The van der Waals surface area contributed by atoms with Crippen LogP contribution in [0, 0.1) is 12.1 Å². The summed E-state index contributed by atoms with van der Waals surface area (Å²) in [5.74, 6) is 0. The molecule has 2 radical (unpaired) electrons. The van der Waals surface area contributed by atoms with Crippen molar-refractivity contribution < 1.29 is 0 Å². The number of rotatable bonds is 0. The molecule has 0 aliphatic rings. The summed E-state index contributed by atoms with van der Waals surface area (Å²) in [6.45, 7) is 0. The minimum absolute atomic E-state index is 1.13. The van der Waals surface area contributed by atoms with Crippen molar-refractivity contribution in [2.45, 2.75) is 0 Å². The van der Waals surface area contributed by atoms with Gasteiger partial charge in [-0.1, -0.05) is 48.5 Å². The molecule has 0 atom stereocenters. The van der Waals surface area contributed by atoms with Crippen LogP contribution in [0.25, 0.3) is 32.3 Å². The fraction of sp³-hybridized carbons (Fsp3) is 0. The van der Waals surface area contributed by atoms with Gasteiger partial charge in [0, 0.05) is 0 Å². The second-order valence-electron chi connectivity index (χ2n) is 4.51. The smallest absolute Gasteiger partial charge is 0.00921 e. The van der Waals surface area contributed by atoms with Crippen LogP contribution in [0.15, 0.2) is 60.7 Å². The van der Waals surface area contributed by atoms with E-state index in [1.54, 1.807) is 0 Å². The quantitative estimate of drug-likeness (QED) is 0.380. The van der Waals surface area contributed by atoms with Crippen LogP contribution in [0.2, 0.25) is 0 Å². The lowest BCUT2D eigenvalue weighted by Crippen LogP contribution is -1.80. The predicted octanol–water partition coefficient (Wildman–Crippen LogP) is 4.75. The summed E-state index contributed by atoms with van der Waals surface area (Å²) in [5.41, 5.74) is 0. The second-order valence-corrected chi connectivity index (χ2v) is 4.51. The molecule has 0 aromatic heterocycles. The molecule has 4 rings (SSSR count). The molecule has 4 aromatic carbocycles. The third kappa shape index (κ3) is 1.26. The largest absolute Gasteiger partial charge is 0.0616 e. The summed E-state index contributed by atoms with van der Waals surface area (Å²) in [5, 5.41) is 7.50. The Kier molecular flexibility index (Phi) is 1.92. The lowest BCUT2D eigenvalue weighted by molar-refractivity contribution is 1.76. The highest BCUT2D eigenvalue weighted by Gasteiger charge is 2.03. The first-order valence-electron chi connectivity index (χ1n) is 6.05. The molecule has 18 heavy (non-hydrogen) atoms. The van der Waals surface area contributed by atoms with Gasteiger partial charge in [0.15, 0.2) is 0 Å². The van der Waals surface area contributed by atoms with Crippen LogP contribution in [0.1, 0.15) is 0 Å². The van der Waals surface area contributed by atoms with Gasteiger partial charge in [0.05, 0.1) is 0 Å². The summed E-state index contributed by atoms with van der Waals surface area (Å²) in [7, 11) is 0. The van der Waals surface area contributed by atoms with Crippen LogP contribution >= 0.6 is 0 Å². The van der Waals surface area contributed by atoms with Gasteiger partial charge < -0.3 is 0 Å². The number of hydrogen-bond acceptors (Lipinski definition) is 0. The molecule has 0 amide bonds. The minimum atomic E-state index is 1.13. The van der Waals surface area contributed by atoms with Crippen molar-refractivity contribution in [1.82, 2.24) is 0 Å². The summed E-state index contributed by atoms with van der Waals surface area (Å²) in [6.07, 6.45) is 0. The molecular formula is C18H10. The molecule has 0 saturated heterocycles. The zero-order chi connectivity index (χ0) is 11.9. The van der Waals surface area contributed by atoms with Crippen LogP contribution < -0.4 is 0 Å². The first-order chi connectivity index (χ1) is 8.93. The zero-order valence-corrected chi connectivity index (χ0v) is 9.77. The van der Waals surface area contributed by atoms with Gasteiger partial charge >= 0.3 is 0 Å². The van der Waals surface area contributed by atoms with E-state index in [9.17, 15) is 0 Å². The molecule has 0 fully saturated rings. The molecule has 0 bridgehead atoms. The molecule has 0 aliphatic carbocycles. The predicted molar refractivity (Wildman–Crippen MR) is 76.6 cm³/mol. The van der Waals surface area contributed by atoms with E-state index < -0.39 is 0 Å². The standard InChI is InChI=1S/C18H10/c1-3-7-15-13(5-1)9-11-18-16-8-4-2-6-14(16)10-12-17(15)18/h1,3-9,11-12H. The van der Waals surface area contributed by atoms with Gasteiger partial charge in [0.25, 0.3) is 0 Å². The Morgan fingerprint density at radius 1 is 0.667 bits per heavy atom. The van der Waals surface area contributed by atoms with Gasteiger partial charge in [0.1, 0.15) is 0 Å². The molecular weight excluding hydrogens is 216 g/mol. The molecule has 0 nitrogen and oxygen atoms in total. The molecule has 0 N–H and O–H groups in total. The molecule has 82 valence electrons. The van der Waals surface area contributed by atoms with Crippen molar-refractivity contribution in [1.29, 1.82) is 0 Å². The molecule has 0 heteroatoms. The molecule has 4 aromatic rings. The van der Waals surface area contributed by atoms with Crippen LogP contribution in [-0.2, 0) is 0 Å². The van der Waals surface area contributed by atoms with E-state index in [0.29, 0.717) is 0 Å². The van der Waals surface area contributed by atoms with Gasteiger partial charge in [-0.2, -0.15) is 0 Å². The van der Waals surface area contributed by atoms with E-state index in [1.165, 1.54) is 26.9 Å². The van der Waals surface area contributed by atoms with E-state index in [1.807, 2.05) is 12.1 Å². The Balaban J connectivity index is 2.31. The monoisotopic (exact) mass is 226 g/mol. The van der Waals surface area contributed by atoms with Crippen LogP contribution in [0.5, 0.6) is 0 Å². The van der Waals surface area contributed by atoms with Gasteiger partial charge in [-0.25, -0.2) is 0 Å². The minimum Gasteiger partial charge on any atom is -0.0616 e. The SMILES string of the molecule is [c]1ccc2c([c]cc3c4ccccc4ccc23)c1.